The number of rotatable bonds is 3. The van der Waals surface area contributed by atoms with Crippen molar-refractivity contribution in [2.75, 3.05) is 0 Å². The summed E-state index contributed by atoms with van der Waals surface area (Å²) in [4.78, 5) is 9.27. The van der Waals surface area contributed by atoms with Crippen LogP contribution in [0.1, 0.15) is 22.6 Å². The maximum Gasteiger partial charge on any atom is 0.164 e. The molecular weight excluding hydrogens is 328 g/mol. The Morgan fingerprint density at radius 1 is 0.960 bits per heavy atom. The minimum atomic E-state index is 0.689. The molecule has 0 aliphatic carbocycles. The third-order valence-electron chi connectivity index (χ3n) is 4.36. The highest BCUT2D eigenvalue weighted by Gasteiger charge is 2.18. The third-order valence-corrected chi connectivity index (χ3v) is 4.82. The van der Waals surface area contributed by atoms with Crippen LogP contribution in [-0.4, -0.2) is 19.6 Å². The minimum absolute atomic E-state index is 0.689. The van der Waals surface area contributed by atoms with Gasteiger partial charge in [-0.05, 0) is 31.5 Å². The topological polar surface area (TPSA) is 43.1 Å². The lowest BCUT2D eigenvalue weighted by atomic mass is 10.1. The van der Waals surface area contributed by atoms with Gasteiger partial charge in [-0.15, -0.1) is 12.6 Å². The summed E-state index contributed by atoms with van der Waals surface area (Å²) in [5, 5.41) is 5.51. The van der Waals surface area contributed by atoms with Crippen LogP contribution in [0.25, 0.3) is 16.8 Å². The normalized spacial score (nSPS) is 11.2. The van der Waals surface area contributed by atoms with Gasteiger partial charge in [0.1, 0.15) is 5.03 Å². The van der Waals surface area contributed by atoms with Gasteiger partial charge in [0.15, 0.2) is 5.65 Å². The maximum atomic E-state index is 4.85. The highest BCUT2D eigenvalue weighted by atomic mass is 32.1. The molecule has 0 unspecified atom stereocenters. The summed E-state index contributed by atoms with van der Waals surface area (Å²) in [6, 6.07) is 16.2. The largest absolute Gasteiger partial charge is 0.261 e. The van der Waals surface area contributed by atoms with Crippen LogP contribution >= 0.6 is 12.6 Å². The first kappa shape index (κ1) is 15.8. The van der Waals surface area contributed by atoms with E-state index in [1.807, 2.05) is 54.8 Å². The molecule has 5 heteroatoms. The summed E-state index contributed by atoms with van der Waals surface area (Å²) in [6.45, 7) is 4.03. The summed E-state index contributed by atoms with van der Waals surface area (Å²) in [5.41, 5.74) is 6.97. The highest BCUT2D eigenvalue weighted by molar-refractivity contribution is 7.80. The van der Waals surface area contributed by atoms with Crippen molar-refractivity contribution >= 4 is 18.3 Å². The molecule has 0 bridgehead atoms. The first-order valence-corrected chi connectivity index (χ1v) is 8.63. The number of aromatic nitrogens is 4. The number of aryl methyl sites for hydroxylation is 2. The van der Waals surface area contributed by atoms with Crippen LogP contribution in [-0.2, 0) is 6.42 Å². The van der Waals surface area contributed by atoms with Crippen molar-refractivity contribution in [2.24, 2.45) is 0 Å². The molecular formula is C20H18N4S. The van der Waals surface area contributed by atoms with Crippen LogP contribution in [0, 0.1) is 13.8 Å². The average Bonchev–Trinajstić information content (AvgIpc) is 2.96. The second-order valence-corrected chi connectivity index (χ2v) is 6.48. The quantitative estimate of drug-likeness (QED) is 0.444. The molecule has 4 rings (SSSR count). The Balaban J connectivity index is 1.90. The molecule has 3 heterocycles. The van der Waals surface area contributed by atoms with Gasteiger partial charge in [0, 0.05) is 35.1 Å². The molecule has 1 aromatic carbocycles. The van der Waals surface area contributed by atoms with Gasteiger partial charge >= 0.3 is 0 Å². The van der Waals surface area contributed by atoms with Crippen molar-refractivity contribution in [1.82, 2.24) is 19.6 Å². The van der Waals surface area contributed by atoms with Gasteiger partial charge in [0.25, 0.3) is 0 Å². The number of thiol groups is 1. The van der Waals surface area contributed by atoms with Crippen LogP contribution < -0.4 is 0 Å². The molecule has 3 aromatic heterocycles. The summed E-state index contributed by atoms with van der Waals surface area (Å²) in [5.74, 6) is 0. The van der Waals surface area contributed by atoms with Crippen molar-refractivity contribution < 1.29 is 0 Å². The Hall–Kier alpha value is -2.66. The van der Waals surface area contributed by atoms with Crippen molar-refractivity contribution in [3.63, 3.8) is 0 Å². The van der Waals surface area contributed by atoms with Gasteiger partial charge in [0.2, 0.25) is 0 Å². The zero-order chi connectivity index (χ0) is 17.4. The summed E-state index contributed by atoms with van der Waals surface area (Å²) < 4.78 is 1.84. The molecule has 0 fully saturated rings. The van der Waals surface area contributed by atoms with Crippen molar-refractivity contribution in [2.45, 2.75) is 25.3 Å². The zero-order valence-corrected chi connectivity index (χ0v) is 15.0. The van der Waals surface area contributed by atoms with Crippen LogP contribution in [0.5, 0.6) is 0 Å². The molecule has 0 aliphatic rings. The molecule has 0 aliphatic heterocycles. The van der Waals surface area contributed by atoms with Gasteiger partial charge in [-0.2, -0.15) is 5.10 Å². The number of hydrogen-bond acceptors (Lipinski definition) is 4. The van der Waals surface area contributed by atoms with E-state index in [9.17, 15) is 0 Å². The molecule has 124 valence electrons. The first-order valence-electron chi connectivity index (χ1n) is 8.18. The molecule has 4 nitrogen and oxygen atoms in total. The Bertz CT molecular complexity index is 1040. The fourth-order valence-corrected chi connectivity index (χ4v) is 3.50. The predicted molar refractivity (Wildman–Crippen MR) is 102 cm³/mol. The third kappa shape index (κ3) is 2.81. The van der Waals surface area contributed by atoms with Crippen LogP contribution in [0.3, 0.4) is 0 Å². The van der Waals surface area contributed by atoms with Crippen LogP contribution in [0.15, 0.2) is 59.8 Å². The second-order valence-electron chi connectivity index (χ2n) is 6.06. The number of hydrogen-bond donors (Lipinski definition) is 1. The number of pyridine rings is 1. The number of fused-ring (bicyclic) bond motifs is 1. The van der Waals surface area contributed by atoms with Gasteiger partial charge < -0.3 is 0 Å². The van der Waals surface area contributed by atoms with E-state index >= 15 is 0 Å². The standard InChI is InChI=1S/C20H18N4S/c1-13-17(12-16-10-6-7-11-21-16)20(25)24-19(22-13)18(14(2)23-24)15-8-4-3-5-9-15/h3-11,25H,12H2,1-2H3. The van der Waals surface area contributed by atoms with Crippen molar-refractivity contribution in [1.29, 1.82) is 0 Å². The lowest BCUT2D eigenvalue weighted by Crippen LogP contribution is -2.05. The van der Waals surface area contributed by atoms with Gasteiger partial charge in [-0.1, -0.05) is 36.4 Å². The number of nitrogens with zero attached hydrogens (tertiary/aromatic N) is 4. The molecule has 4 aromatic rings. The van der Waals surface area contributed by atoms with E-state index in [0.29, 0.717) is 6.42 Å². The van der Waals surface area contributed by atoms with Crippen LogP contribution in [0.4, 0.5) is 0 Å². The molecule has 0 amide bonds. The summed E-state index contributed by atoms with van der Waals surface area (Å²) >= 11 is 4.77. The highest BCUT2D eigenvalue weighted by Crippen LogP contribution is 2.30. The summed E-state index contributed by atoms with van der Waals surface area (Å²) in [7, 11) is 0. The fourth-order valence-electron chi connectivity index (χ4n) is 3.12. The Labute approximate surface area is 152 Å². The van der Waals surface area contributed by atoms with E-state index in [-0.39, 0.29) is 0 Å². The first-order chi connectivity index (χ1) is 12.1. The molecule has 0 saturated heterocycles. The molecule has 0 spiro atoms. The summed E-state index contributed by atoms with van der Waals surface area (Å²) in [6.07, 6.45) is 2.49. The minimum Gasteiger partial charge on any atom is -0.261 e. The van der Waals surface area contributed by atoms with Crippen molar-refractivity contribution in [3.8, 4) is 11.1 Å². The Morgan fingerprint density at radius 2 is 1.72 bits per heavy atom. The Morgan fingerprint density at radius 3 is 2.44 bits per heavy atom. The SMILES string of the molecule is Cc1nc2c(-c3ccccc3)c(C)nn2c(S)c1Cc1ccccn1. The van der Waals surface area contributed by atoms with E-state index in [0.717, 1.165) is 44.4 Å². The zero-order valence-electron chi connectivity index (χ0n) is 14.1. The fraction of sp³-hybridized carbons (Fsp3) is 0.150. The smallest absolute Gasteiger partial charge is 0.164 e. The molecule has 25 heavy (non-hydrogen) atoms. The second kappa shape index (κ2) is 6.33. The van der Waals surface area contributed by atoms with Crippen LogP contribution in [0.2, 0.25) is 0 Å². The van der Waals surface area contributed by atoms with E-state index in [2.05, 4.69) is 22.2 Å². The lowest BCUT2D eigenvalue weighted by molar-refractivity contribution is 0.791. The average molecular weight is 346 g/mol. The van der Waals surface area contributed by atoms with Gasteiger partial charge in [-0.3, -0.25) is 4.98 Å². The monoisotopic (exact) mass is 346 g/mol. The van der Waals surface area contributed by atoms with E-state index in [1.165, 1.54) is 0 Å². The lowest BCUT2D eigenvalue weighted by Gasteiger charge is -2.10. The van der Waals surface area contributed by atoms with E-state index < -0.39 is 0 Å². The predicted octanol–water partition coefficient (Wildman–Crippen LogP) is 4.29. The molecule has 0 saturated carbocycles. The molecule has 0 atom stereocenters. The molecule has 0 radical (unpaired) electrons. The van der Waals surface area contributed by atoms with Gasteiger partial charge in [-0.25, -0.2) is 9.50 Å². The molecule has 0 N–H and O–H groups in total. The van der Waals surface area contributed by atoms with E-state index in [4.69, 9.17) is 17.6 Å². The van der Waals surface area contributed by atoms with Crippen molar-refractivity contribution in [3.05, 3.63) is 77.4 Å². The number of benzene rings is 1. The van der Waals surface area contributed by atoms with Gasteiger partial charge in [0.05, 0.1) is 5.69 Å². The van der Waals surface area contributed by atoms with E-state index in [1.54, 1.807) is 6.20 Å². The Kier molecular flexibility index (Phi) is 4.01. The maximum absolute atomic E-state index is 4.85.